The number of amides is 1. The summed E-state index contributed by atoms with van der Waals surface area (Å²) in [6, 6.07) is 13.1. The lowest BCUT2D eigenvalue weighted by atomic mass is 10.0. The summed E-state index contributed by atoms with van der Waals surface area (Å²) in [5.74, 6) is 1.48. The van der Waals surface area contributed by atoms with Gasteiger partial charge in [-0.3, -0.25) is 14.2 Å². The molecule has 3 heterocycles. The molecule has 5 rings (SSSR count). The Balaban J connectivity index is 1.33. The number of hydrogen-bond donors (Lipinski definition) is 1. The molecule has 0 atom stereocenters. The van der Waals surface area contributed by atoms with Gasteiger partial charge < -0.3 is 14.8 Å². The van der Waals surface area contributed by atoms with E-state index in [0.717, 1.165) is 18.4 Å². The van der Waals surface area contributed by atoms with Crippen LogP contribution in [-0.4, -0.2) is 43.1 Å². The Morgan fingerprint density at radius 3 is 2.60 bits per heavy atom. The molecule has 2 aromatic carbocycles. The molecule has 10 heteroatoms. The van der Waals surface area contributed by atoms with Crippen LogP contribution in [0.3, 0.4) is 0 Å². The molecule has 1 fully saturated rings. The van der Waals surface area contributed by atoms with Crippen molar-refractivity contribution in [3.05, 3.63) is 64.4 Å². The van der Waals surface area contributed by atoms with Gasteiger partial charge in [0.25, 0.3) is 5.56 Å². The molecule has 2 aliphatic rings. The number of benzene rings is 2. The Hall–Kier alpha value is -3.37. The van der Waals surface area contributed by atoms with Gasteiger partial charge in [0.1, 0.15) is 6.54 Å². The number of sulfonamides is 1. The largest absolute Gasteiger partial charge is 0.454 e. The number of nitrogens with zero attached hydrogens (tertiary/aromatic N) is 2. The number of fused-ring (bicyclic) bond motifs is 2. The van der Waals surface area contributed by atoms with E-state index >= 15 is 0 Å². The molecule has 0 unspecified atom stereocenters. The maximum atomic E-state index is 13.1. The lowest BCUT2D eigenvalue weighted by Crippen LogP contribution is -2.37. The summed E-state index contributed by atoms with van der Waals surface area (Å²) in [7, 11) is -3.62. The van der Waals surface area contributed by atoms with Gasteiger partial charge in [0.05, 0.1) is 10.4 Å². The summed E-state index contributed by atoms with van der Waals surface area (Å²) in [5, 5.41) is 3.40. The van der Waals surface area contributed by atoms with Crippen LogP contribution in [0.4, 0.5) is 0 Å². The Morgan fingerprint density at radius 1 is 1.03 bits per heavy atom. The summed E-state index contributed by atoms with van der Waals surface area (Å²) in [6.45, 7) is 3.40. The Labute approximate surface area is 203 Å². The van der Waals surface area contributed by atoms with E-state index in [0.29, 0.717) is 41.4 Å². The second kappa shape index (κ2) is 9.35. The van der Waals surface area contributed by atoms with Crippen molar-refractivity contribution in [3.8, 4) is 11.5 Å². The Bertz CT molecular complexity index is 1440. The highest BCUT2D eigenvalue weighted by Gasteiger charge is 2.28. The first-order valence-corrected chi connectivity index (χ1v) is 13.0. The number of aromatic nitrogens is 1. The summed E-state index contributed by atoms with van der Waals surface area (Å²) in [4.78, 5) is 25.4. The van der Waals surface area contributed by atoms with Crippen LogP contribution in [0.2, 0.25) is 0 Å². The van der Waals surface area contributed by atoms with E-state index < -0.39 is 10.0 Å². The molecule has 1 amide bonds. The van der Waals surface area contributed by atoms with Gasteiger partial charge in [-0.2, -0.15) is 4.31 Å². The van der Waals surface area contributed by atoms with Crippen molar-refractivity contribution in [2.24, 2.45) is 5.92 Å². The minimum Gasteiger partial charge on any atom is -0.454 e. The van der Waals surface area contributed by atoms with E-state index in [4.69, 9.17) is 9.47 Å². The van der Waals surface area contributed by atoms with Crippen molar-refractivity contribution >= 4 is 26.8 Å². The quantitative estimate of drug-likeness (QED) is 0.561. The zero-order valence-electron chi connectivity index (χ0n) is 19.4. The molecule has 1 saturated heterocycles. The highest BCUT2D eigenvalue weighted by atomic mass is 32.2. The van der Waals surface area contributed by atoms with Crippen molar-refractivity contribution in [3.63, 3.8) is 0 Å². The number of rotatable bonds is 6. The first kappa shape index (κ1) is 23.4. The first-order valence-electron chi connectivity index (χ1n) is 11.6. The molecular formula is C25H27N3O6S. The monoisotopic (exact) mass is 497 g/mol. The maximum absolute atomic E-state index is 13.1. The summed E-state index contributed by atoms with van der Waals surface area (Å²) in [5.41, 5.74) is 1.01. The van der Waals surface area contributed by atoms with Crippen molar-refractivity contribution < 1.29 is 22.7 Å². The Kier molecular flexibility index (Phi) is 6.24. The summed E-state index contributed by atoms with van der Waals surface area (Å²) < 4.78 is 39.8. The predicted molar refractivity (Wildman–Crippen MR) is 130 cm³/mol. The number of ether oxygens (including phenoxy) is 2. The molecule has 0 bridgehead atoms. The van der Waals surface area contributed by atoms with Crippen molar-refractivity contribution in [1.29, 1.82) is 0 Å². The third kappa shape index (κ3) is 4.76. The van der Waals surface area contributed by atoms with Crippen LogP contribution in [0.1, 0.15) is 25.3 Å². The van der Waals surface area contributed by atoms with Gasteiger partial charge >= 0.3 is 0 Å². The summed E-state index contributed by atoms with van der Waals surface area (Å²) in [6.07, 6.45) is 1.68. The average Bonchev–Trinajstić information content (AvgIpc) is 3.32. The van der Waals surface area contributed by atoms with Crippen molar-refractivity contribution in [1.82, 2.24) is 14.2 Å². The molecule has 0 radical (unpaired) electrons. The third-order valence-corrected chi connectivity index (χ3v) is 8.46. The highest BCUT2D eigenvalue weighted by Crippen LogP contribution is 2.32. The van der Waals surface area contributed by atoms with E-state index in [9.17, 15) is 18.0 Å². The molecule has 2 aliphatic heterocycles. The minimum atomic E-state index is -3.62. The molecule has 1 aromatic heterocycles. The second-order valence-corrected chi connectivity index (χ2v) is 11.0. The SMILES string of the molecule is CC1CCN(S(=O)(=O)c2ccc3c(ccc(=O)n3CC(=O)NCc3ccc4c(c3)OCO4)c2)CC1. The predicted octanol–water partition coefficient (Wildman–Crippen LogP) is 2.47. The van der Waals surface area contributed by atoms with Gasteiger partial charge in [-0.1, -0.05) is 13.0 Å². The molecule has 0 aliphatic carbocycles. The van der Waals surface area contributed by atoms with E-state index in [-0.39, 0.29) is 36.2 Å². The number of pyridine rings is 1. The lowest BCUT2D eigenvalue weighted by molar-refractivity contribution is -0.121. The van der Waals surface area contributed by atoms with Gasteiger partial charge in [-0.25, -0.2) is 8.42 Å². The molecule has 3 aromatic rings. The zero-order chi connectivity index (χ0) is 24.6. The highest BCUT2D eigenvalue weighted by molar-refractivity contribution is 7.89. The van der Waals surface area contributed by atoms with Crippen LogP contribution in [0, 0.1) is 5.92 Å². The van der Waals surface area contributed by atoms with Crippen molar-refractivity contribution in [2.45, 2.75) is 37.8 Å². The number of piperidine rings is 1. The van der Waals surface area contributed by atoms with E-state index in [1.165, 1.54) is 21.0 Å². The van der Waals surface area contributed by atoms with Crippen LogP contribution in [0.25, 0.3) is 10.9 Å². The summed E-state index contributed by atoms with van der Waals surface area (Å²) >= 11 is 0. The standard InChI is InChI=1S/C25H27N3O6S/c1-17-8-10-27(11-9-17)35(31,32)20-4-5-21-19(13-20)3-7-25(30)28(21)15-24(29)26-14-18-2-6-22-23(12-18)34-16-33-22/h2-7,12-13,17H,8-11,14-16H2,1H3,(H,26,29). The van der Waals surface area contributed by atoms with Gasteiger partial charge in [-0.15, -0.1) is 0 Å². The molecule has 9 nitrogen and oxygen atoms in total. The van der Waals surface area contributed by atoms with Gasteiger partial charge in [-0.05, 0) is 66.1 Å². The fourth-order valence-corrected chi connectivity index (χ4v) is 5.94. The van der Waals surface area contributed by atoms with Crippen molar-refractivity contribution in [2.75, 3.05) is 19.9 Å². The number of hydrogen-bond acceptors (Lipinski definition) is 6. The molecular weight excluding hydrogens is 470 g/mol. The Morgan fingerprint density at radius 2 is 1.80 bits per heavy atom. The number of carbonyl (C=O) groups is 1. The molecule has 0 spiro atoms. The number of nitrogens with one attached hydrogen (secondary N) is 1. The number of carbonyl (C=O) groups excluding carboxylic acids is 1. The fourth-order valence-electron chi connectivity index (χ4n) is 4.43. The van der Waals surface area contributed by atoms with Crippen LogP contribution in [-0.2, 0) is 27.9 Å². The van der Waals surface area contributed by atoms with E-state index in [1.54, 1.807) is 30.3 Å². The van der Waals surface area contributed by atoms with E-state index in [2.05, 4.69) is 12.2 Å². The zero-order valence-corrected chi connectivity index (χ0v) is 20.2. The molecule has 35 heavy (non-hydrogen) atoms. The smallest absolute Gasteiger partial charge is 0.251 e. The second-order valence-electron chi connectivity index (χ2n) is 9.03. The van der Waals surface area contributed by atoms with Gasteiger partial charge in [0, 0.05) is 25.7 Å². The van der Waals surface area contributed by atoms with Crippen LogP contribution in [0.15, 0.2) is 58.2 Å². The minimum absolute atomic E-state index is 0.176. The molecule has 1 N–H and O–H groups in total. The van der Waals surface area contributed by atoms with Gasteiger partial charge in [0.2, 0.25) is 22.7 Å². The van der Waals surface area contributed by atoms with Gasteiger partial charge in [0.15, 0.2) is 11.5 Å². The topological polar surface area (TPSA) is 107 Å². The fraction of sp³-hybridized carbons (Fsp3) is 0.360. The third-order valence-electron chi connectivity index (χ3n) is 6.57. The average molecular weight is 498 g/mol. The normalized spacial score (nSPS) is 16.5. The molecule has 184 valence electrons. The van der Waals surface area contributed by atoms with Crippen LogP contribution >= 0.6 is 0 Å². The molecule has 0 saturated carbocycles. The lowest BCUT2D eigenvalue weighted by Gasteiger charge is -2.29. The van der Waals surface area contributed by atoms with Crippen LogP contribution < -0.4 is 20.3 Å². The maximum Gasteiger partial charge on any atom is 0.251 e. The van der Waals surface area contributed by atoms with Crippen LogP contribution in [0.5, 0.6) is 11.5 Å². The van der Waals surface area contributed by atoms with E-state index in [1.807, 2.05) is 6.07 Å². The first-order chi connectivity index (χ1) is 16.8.